The van der Waals surface area contributed by atoms with E-state index < -0.39 is 28.1 Å². The van der Waals surface area contributed by atoms with Gasteiger partial charge in [-0.1, -0.05) is 73.7 Å². The third-order valence-corrected chi connectivity index (χ3v) is 10.4. The van der Waals surface area contributed by atoms with Crippen molar-refractivity contribution < 1.29 is 27.9 Å². The molecule has 0 fully saturated rings. The highest BCUT2D eigenvalue weighted by atomic mass is 32.2. The molecule has 4 aromatic rings. The van der Waals surface area contributed by atoms with Crippen LogP contribution in [0.2, 0.25) is 0 Å². The second-order valence-corrected chi connectivity index (χ2v) is 15.2. The summed E-state index contributed by atoms with van der Waals surface area (Å²) in [6.07, 6.45) is -0.938. The molecule has 0 saturated carbocycles. The van der Waals surface area contributed by atoms with Crippen LogP contribution in [0.5, 0.6) is 5.75 Å². The molecule has 0 bridgehead atoms. The van der Waals surface area contributed by atoms with Crippen molar-refractivity contribution in [2.24, 2.45) is 5.92 Å². The Morgan fingerprint density at radius 2 is 1.69 bits per heavy atom. The number of aliphatic hydroxyl groups excluding tert-OH is 1. The van der Waals surface area contributed by atoms with Gasteiger partial charge in [0.25, 0.3) is 5.91 Å². The maximum Gasteiger partial charge on any atom is 0.258 e. The van der Waals surface area contributed by atoms with Crippen LogP contribution in [0.15, 0.2) is 71.6 Å². The van der Waals surface area contributed by atoms with E-state index >= 15 is 0 Å². The first-order valence-electron chi connectivity index (χ1n) is 15.9. The Kier molecular flexibility index (Phi) is 12.9. The van der Waals surface area contributed by atoms with Gasteiger partial charge in [-0.2, -0.15) is 4.31 Å². The number of thiazole rings is 1. The molecule has 11 nitrogen and oxygen atoms in total. The minimum Gasteiger partial charge on any atom is -0.483 e. The molecule has 258 valence electrons. The van der Waals surface area contributed by atoms with E-state index in [9.17, 15) is 23.1 Å². The number of nitrogens with zero attached hydrogens (tertiary/aromatic N) is 2. The van der Waals surface area contributed by atoms with Crippen LogP contribution in [0.3, 0.4) is 0 Å². The summed E-state index contributed by atoms with van der Waals surface area (Å²) in [5, 5.41) is 21.0. The number of hydrogen-bond donors (Lipinski definition) is 4. The Hall–Kier alpha value is -4.04. The molecular weight excluding hydrogens is 651 g/mol. The normalized spacial score (nSPS) is 13.0. The SMILES string of the molecule is CC(=O)NCCNc1nc2ccc(S(=O)(=O)N(CC(C)C)C[C@@H](O)[C@H](Cc3ccccc3)NC(=O)COc3c(C)cccc3C)cc2s1. The van der Waals surface area contributed by atoms with E-state index in [1.807, 2.05) is 76.2 Å². The Balaban J connectivity index is 1.53. The predicted octanol–water partition coefficient (Wildman–Crippen LogP) is 4.28. The molecule has 3 aromatic carbocycles. The van der Waals surface area contributed by atoms with E-state index in [4.69, 9.17) is 4.74 Å². The lowest BCUT2D eigenvalue weighted by Gasteiger charge is -2.30. The molecule has 0 aliphatic carbocycles. The number of rotatable bonds is 17. The number of benzene rings is 3. The van der Waals surface area contributed by atoms with Crippen LogP contribution < -0.4 is 20.7 Å². The van der Waals surface area contributed by atoms with Gasteiger partial charge in [0.1, 0.15) is 5.75 Å². The molecule has 0 unspecified atom stereocenters. The molecule has 1 heterocycles. The highest BCUT2D eigenvalue weighted by Crippen LogP contribution is 2.30. The number of nitrogens with one attached hydrogen (secondary N) is 3. The number of anilines is 1. The molecule has 48 heavy (non-hydrogen) atoms. The van der Waals surface area contributed by atoms with E-state index in [1.54, 1.807) is 12.1 Å². The maximum absolute atomic E-state index is 14.1. The third kappa shape index (κ3) is 10.2. The van der Waals surface area contributed by atoms with Gasteiger partial charge >= 0.3 is 0 Å². The van der Waals surface area contributed by atoms with Gasteiger partial charge in [0, 0.05) is 33.1 Å². The molecule has 4 N–H and O–H groups in total. The van der Waals surface area contributed by atoms with E-state index in [1.165, 1.54) is 28.6 Å². The van der Waals surface area contributed by atoms with Gasteiger partial charge in [-0.25, -0.2) is 13.4 Å². The van der Waals surface area contributed by atoms with Gasteiger partial charge < -0.3 is 25.8 Å². The highest BCUT2D eigenvalue weighted by molar-refractivity contribution is 7.89. The van der Waals surface area contributed by atoms with Gasteiger partial charge in [0.2, 0.25) is 15.9 Å². The number of sulfonamides is 1. The van der Waals surface area contributed by atoms with Crippen molar-refractivity contribution in [1.29, 1.82) is 0 Å². The lowest BCUT2D eigenvalue weighted by atomic mass is 10.0. The largest absolute Gasteiger partial charge is 0.483 e. The van der Waals surface area contributed by atoms with Gasteiger partial charge in [-0.15, -0.1) is 0 Å². The number of fused-ring (bicyclic) bond motifs is 1. The summed E-state index contributed by atoms with van der Waals surface area (Å²) in [7, 11) is -4.05. The van der Waals surface area contributed by atoms with E-state index in [-0.39, 0.29) is 42.8 Å². The first-order valence-corrected chi connectivity index (χ1v) is 18.2. The summed E-state index contributed by atoms with van der Waals surface area (Å²) in [5.41, 5.74) is 3.34. The zero-order valence-corrected chi connectivity index (χ0v) is 29.7. The molecule has 0 saturated heterocycles. The molecular formula is C35H45N5O6S2. The number of ether oxygens (including phenoxy) is 1. The quantitative estimate of drug-likeness (QED) is 0.120. The van der Waals surface area contributed by atoms with Crippen molar-refractivity contribution in [2.75, 3.05) is 38.1 Å². The first-order chi connectivity index (χ1) is 22.8. The number of hydrogen-bond acceptors (Lipinski definition) is 9. The van der Waals surface area contributed by atoms with Crippen molar-refractivity contribution >= 4 is 48.5 Å². The van der Waals surface area contributed by atoms with E-state index in [2.05, 4.69) is 20.9 Å². The fraction of sp³-hybridized carbons (Fsp3) is 0.400. The first kappa shape index (κ1) is 36.8. The topological polar surface area (TPSA) is 150 Å². The van der Waals surface area contributed by atoms with Crippen LogP contribution in [-0.4, -0.2) is 79.6 Å². The standard InChI is InChI=1S/C35H45N5O6S2/c1-23(2)20-40(48(44,45)28-14-15-29-32(19-28)47-35(39-29)37-17-16-36-26(5)41)21-31(42)30(18-27-12-7-6-8-13-27)38-33(43)22-46-34-24(3)10-9-11-25(34)4/h6-15,19,23,30-31,42H,16-18,20-22H2,1-5H3,(H,36,41)(H,37,39)(H,38,43)/t30-,31+/m0/s1. The molecule has 0 spiro atoms. The van der Waals surface area contributed by atoms with Gasteiger partial charge in [-0.3, -0.25) is 9.59 Å². The molecule has 0 aliphatic rings. The zero-order valence-electron chi connectivity index (χ0n) is 28.0. The van der Waals surface area contributed by atoms with Crippen molar-refractivity contribution in [2.45, 2.75) is 58.1 Å². The molecule has 0 radical (unpaired) electrons. The summed E-state index contributed by atoms with van der Waals surface area (Å²) in [6, 6.07) is 19.1. The minimum absolute atomic E-state index is 0.0357. The van der Waals surface area contributed by atoms with Gasteiger partial charge in [-0.05, 0) is 61.1 Å². The molecule has 4 rings (SSSR count). The number of aromatic nitrogens is 1. The van der Waals surface area contributed by atoms with Crippen molar-refractivity contribution in [1.82, 2.24) is 19.9 Å². The van der Waals surface area contributed by atoms with E-state index in [0.29, 0.717) is 34.2 Å². The Morgan fingerprint density at radius 1 is 0.979 bits per heavy atom. The number of carbonyl (C=O) groups is 2. The average Bonchev–Trinajstić information content (AvgIpc) is 3.44. The van der Waals surface area contributed by atoms with Gasteiger partial charge in [0.15, 0.2) is 11.7 Å². The van der Waals surface area contributed by atoms with Gasteiger partial charge in [0.05, 0.1) is 27.3 Å². The maximum atomic E-state index is 14.1. The number of aryl methyl sites for hydroxylation is 2. The number of amides is 2. The zero-order chi connectivity index (χ0) is 34.8. The molecule has 1 aromatic heterocycles. The fourth-order valence-electron chi connectivity index (χ4n) is 5.28. The van der Waals surface area contributed by atoms with Crippen molar-refractivity contribution in [3.63, 3.8) is 0 Å². The predicted molar refractivity (Wildman–Crippen MR) is 190 cm³/mol. The smallest absolute Gasteiger partial charge is 0.258 e. The monoisotopic (exact) mass is 695 g/mol. The number of aliphatic hydroxyl groups is 1. The number of para-hydroxylation sites is 1. The molecule has 0 aliphatic heterocycles. The summed E-state index contributed by atoms with van der Waals surface area (Å²) in [4.78, 5) is 28.9. The average molecular weight is 696 g/mol. The summed E-state index contributed by atoms with van der Waals surface area (Å²) >= 11 is 1.32. The van der Waals surface area contributed by atoms with Crippen molar-refractivity contribution in [3.8, 4) is 5.75 Å². The third-order valence-electron chi connectivity index (χ3n) is 7.60. The second kappa shape index (κ2) is 16.9. The Bertz CT molecular complexity index is 1780. The summed E-state index contributed by atoms with van der Waals surface area (Å²) < 4.78 is 36.0. The van der Waals surface area contributed by atoms with Crippen LogP contribution in [0.25, 0.3) is 10.2 Å². The fourth-order valence-corrected chi connectivity index (χ4v) is 7.93. The van der Waals surface area contributed by atoms with E-state index in [0.717, 1.165) is 16.7 Å². The Labute approximate surface area is 286 Å². The van der Waals surface area contributed by atoms with Crippen LogP contribution in [0.1, 0.15) is 37.5 Å². The Morgan fingerprint density at radius 3 is 2.35 bits per heavy atom. The summed E-state index contributed by atoms with van der Waals surface area (Å²) in [5.74, 6) is 0.0512. The second-order valence-electron chi connectivity index (χ2n) is 12.2. The van der Waals surface area contributed by atoms with Crippen LogP contribution >= 0.6 is 11.3 Å². The molecule has 2 atom stereocenters. The highest BCUT2D eigenvalue weighted by Gasteiger charge is 2.32. The minimum atomic E-state index is -4.05. The number of carbonyl (C=O) groups excluding carboxylic acids is 2. The molecule has 13 heteroatoms. The lowest BCUT2D eigenvalue weighted by Crippen LogP contribution is -2.52. The van der Waals surface area contributed by atoms with Crippen LogP contribution in [0.4, 0.5) is 5.13 Å². The summed E-state index contributed by atoms with van der Waals surface area (Å²) in [6.45, 7) is 9.68. The lowest BCUT2D eigenvalue weighted by molar-refractivity contribution is -0.124. The molecule has 2 amide bonds. The van der Waals surface area contributed by atoms with Crippen molar-refractivity contribution in [3.05, 3.63) is 83.4 Å². The van der Waals surface area contributed by atoms with Crippen LogP contribution in [0, 0.1) is 19.8 Å². The van der Waals surface area contributed by atoms with Crippen LogP contribution in [-0.2, 0) is 26.0 Å².